The van der Waals surface area contributed by atoms with E-state index in [0.29, 0.717) is 0 Å². The van der Waals surface area contributed by atoms with Gasteiger partial charge in [0.1, 0.15) is 0 Å². The summed E-state index contributed by atoms with van der Waals surface area (Å²) in [7, 11) is -1.06. The van der Waals surface area contributed by atoms with Crippen molar-refractivity contribution < 1.29 is 13.6 Å². The predicted octanol–water partition coefficient (Wildman–Crippen LogP) is 4.66. The molecule has 0 aromatic rings. The molecular weight excluding hydrogens is 235 g/mol. The lowest BCUT2D eigenvalue weighted by atomic mass is 9.97. The van der Waals surface area contributed by atoms with Crippen LogP contribution in [0.5, 0.6) is 0 Å². The third-order valence-electron chi connectivity index (χ3n) is 2.82. The van der Waals surface area contributed by atoms with Gasteiger partial charge in [-0.05, 0) is 6.42 Å². The van der Waals surface area contributed by atoms with E-state index in [1.807, 2.05) is 0 Å². The zero-order valence-corrected chi connectivity index (χ0v) is 12.4. The van der Waals surface area contributed by atoms with Crippen LogP contribution in [0.3, 0.4) is 0 Å². The van der Waals surface area contributed by atoms with Gasteiger partial charge in [-0.3, -0.25) is 0 Å². The van der Waals surface area contributed by atoms with E-state index in [-0.39, 0.29) is 5.41 Å². The van der Waals surface area contributed by atoms with Crippen molar-refractivity contribution in [1.82, 2.24) is 0 Å². The van der Waals surface area contributed by atoms with Crippen molar-refractivity contribution in [2.24, 2.45) is 5.41 Å². The highest BCUT2D eigenvalue weighted by Gasteiger charge is 2.29. The Hall–Kier alpha value is 0.310. The Morgan fingerprint density at radius 3 is 2.24 bits per heavy atom. The van der Waals surface area contributed by atoms with Crippen molar-refractivity contribution in [3.63, 3.8) is 0 Å². The van der Waals surface area contributed by atoms with E-state index in [2.05, 4.69) is 20.8 Å². The molecule has 1 aliphatic heterocycles. The van der Waals surface area contributed by atoms with Crippen LogP contribution in [0, 0.1) is 5.41 Å². The lowest BCUT2D eigenvalue weighted by Gasteiger charge is -2.32. The zero-order valence-electron chi connectivity index (χ0n) is 11.5. The maximum Gasteiger partial charge on any atom is 0.332 e. The van der Waals surface area contributed by atoms with Gasteiger partial charge in [-0.1, -0.05) is 52.9 Å². The fraction of sp³-hybridized carbons (Fsp3) is 1.00. The summed E-state index contributed by atoms with van der Waals surface area (Å²) in [6.45, 7) is 8.80. The van der Waals surface area contributed by atoms with Crippen molar-refractivity contribution in [3.8, 4) is 0 Å². The monoisotopic (exact) mass is 262 g/mol. The number of hydrogen-bond donors (Lipinski definition) is 0. The molecule has 1 rings (SSSR count). The molecule has 3 nitrogen and oxygen atoms in total. The SMILES string of the molecule is CCCCCCCCOP1OCC(C)(C)CO1. The Kier molecular flexibility index (Phi) is 7.61. The Morgan fingerprint density at radius 1 is 1.00 bits per heavy atom. The van der Waals surface area contributed by atoms with Crippen molar-refractivity contribution in [3.05, 3.63) is 0 Å². The highest BCUT2D eigenvalue weighted by atomic mass is 31.2. The molecule has 0 atom stereocenters. The molecule has 0 amide bonds. The summed E-state index contributed by atoms with van der Waals surface area (Å²) in [6.07, 6.45) is 7.72. The van der Waals surface area contributed by atoms with Crippen LogP contribution >= 0.6 is 8.60 Å². The first-order valence-corrected chi connectivity index (χ1v) is 7.92. The first-order valence-electron chi connectivity index (χ1n) is 6.83. The summed E-state index contributed by atoms with van der Waals surface area (Å²) in [5, 5.41) is 0. The van der Waals surface area contributed by atoms with Gasteiger partial charge in [0.25, 0.3) is 0 Å². The summed E-state index contributed by atoms with van der Waals surface area (Å²) in [5.41, 5.74) is 0.141. The number of hydrogen-bond acceptors (Lipinski definition) is 3. The van der Waals surface area contributed by atoms with E-state index in [9.17, 15) is 0 Å². The van der Waals surface area contributed by atoms with E-state index in [1.54, 1.807) is 0 Å². The van der Waals surface area contributed by atoms with Crippen LogP contribution in [0.4, 0.5) is 0 Å². The molecule has 1 heterocycles. The molecule has 1 fully saturated rings. The fourth-order valence-electron chi connectivity index (χ4n) is 1.63. The average molecular weight is 262 g/mol. The fourth-order valence-corrected chi connectivity index (χ4v) is 3.04. The van der Waals surface area contributed by atoms with Gasteiger partial charge in [0, 0.05) is 5.41 Å². The topological polar surface area (TPSA) is 27.7 Å². The molecule has 1 aliphatic rings. The zero-order chi connectivity index (χ0) is 12.6. The van der Waals surface area contributed by atoms with E-state index in [1.165, 1.54) is 32.1 Å². The average Bonchev–Trinajstić information content (AvgIpc) is 2.30. The Morgan fingerprint density at radius 2 is 1.59 bits per heavy atom. The first-order chi connectivity index (χ1) is 8.14. The van der Waals surface area contributed by atoms with Gasteiger partial charge < -0.3 is 13.6 Å². The van der Waals surface area contributed by atoms with Gasteiger partial charge in [-0.15, -0.1) is 0 Å². The van der Waals surface area contributed by atoms with E-state index < -0.39 is 8.60 Å². The quantitative estimate of drug-likeness (QED) is 0.470. The van der Waals surface area contributed by atoms with Crippen LogP contribution in [-0.4, -0.2) is 19.8 Å². The van der Waals surface area contributed by atoms with Crippen LogP contribution in [0.1, 0.15) is 59.3 Å². The van der Waals surface area contributed by atoms with Crippen LogP contribution in [-0.2, 0) is 13.6 Å². The number of unbranched alkanes of at least 4 members (excludes halogenated alkanes) is 5. The van der Waals surface area contributed by atoms with Crippen LogP contribution in [0.25, 0.3) is 0 Å². The predicted molar refractivity (Wildman–Crippen MR) is 71.9 cm³/mol. The molecule has 102 valence electrons. The van der Waals surface area contributed by atoms with Crippen molar-refractivity contribution in [1.29, 1.82) is 0 Å². The Balaban J connectivity index is 1.90. The molecular formula is C13H27O3P. The standard InChI is InChI=1S/C13H27O3P/c1-4-5-6-7-8-9-10-14-17-15-11-13(2,3)12-16-17/h4-12H2,1-3H3. The van der Waals surface area contributed by atoms with E-state index >= 15 is 0 Å². The maximum atomic E-state index is 5.60. The molecule has 0 bridgehead atoms. The molecule has 4 heteroatoms. The van der Waals surface area contributed by atoms with E-state index in [4.69, 9.17) is 13.6 Å². The molecule has 0 aromatic heterocycles. The molecule has 0 unspecified atom stereocenters. The Bertz CT molecular complexity index is 187. The first kappa shape index (κ1) is 15.4. The highest BCUT2D eigenvalue weighted by Crippen LogP contribution is 2.46. The normalized spacial score (nSPS) is 20.6. The van der Waals surface area contributed by atoms with Gasteiger partial charge in [-0.2, -0.15) is 0 Å². The third kappa shape index (κ3) is 7.35. The van der Waals surface area contributed by atoms with Crippen LogP contribution < -0.4 is 0 Å². The molecule has 17 heavy (non-hydrogen) atoms. The van der Waals surface area contributed by atoms with Gasteiger partial charge in [0.05, 0.1) is 19.8 Å². The van der Waals surface area contributed by atoms with Gasteiger partial charge in [0.2, 0.25) is 0 Å². The second kappa shape index (κ2) is 8.42. The van der Waals surface area contributed by atoms with Gasteiger partial charge in [0.15, 0.2) is 0 Å². The highest BCUT2D eigenvalue weighted by molar-refractivity contribution is 7.41. The number of rotatable bonds is 8. The van der Waals surface area contributed by atoms with Crippen molar-refractivity contribution in [2.75, 3.05) is 19.8 Å². The second-order valence-electron chi connectivity index (χ2n) is 5.54. The summed E-state index contributed by atoms with van der Waals surface area (Å²) in [5.74, 6) is 0. The van der Waals surface area contributed by atoms with Gasteiger partial charge in [-0.25, -0.2) is 0 Å². The van der Waals surface area contributed by atoms with Crippen LogP contribution in [0.2, 0.25) is 0 Å². The molecule has 1 saturated heterocycles. The molecule has 0 aromatic carbocycles. The molecule has 0 spiro atoms. The lowest BCUT2D eigenvalue weighted by molar-refractivity contribution is 0.0275. The minimum Gasteiger partial charge on any atom is -0.312 e. The van der Waals surface area contributed by atoms with E-state index in [0.717, 1.165) is 26.2 Å². The van der Waals surface area contributed by atoms with Crippen molar-refractivity contribution >= 4 is 8.60 Å². The second-order valence-corrected chi connectivity index (χ2v) is 6.76. The lowest BCUT2D eigenvalue weighted by Crippen LogP contribution is -2.28. The summed E-state index contributed by atoms with van der Waals surface area (Å²) >= 11 is 0. The smallest absolute Gasteiger partial charge is 0.312 e. The molecule has 0 saturated carbocycles. The third-order valence-corrected chi connectivity index (χ3v) is 3.89. The summed E-state index contributed by atoms with van der Waals surface area (Å²) in [4.78, 5) is 0. The Labute approximate surface area is 107 Å². The van der Waals surface area contributed by atoms with Crippen molar-refractivity contribution in [2.45, 2.75) is 59.3 Å². The largest absolute Gasteiger partial charge is 0.332 e. The molecule has 0 radical (unpaired) electrons. The minimum atomic E-state index is -1.06. The maximum absolute atomic E-state index is 5.60. The summed E-state index contributed by atoms with van der Waals surface area (Å²) < 4.78 is 16.7. The van der Waals surface area contributed by atoms with Gasteiger partial charge >= 0.3 is 8.60 Å². The molecule has 0 aliphatic carbocycles. The van der Waals surface area contributed by atoms with Crippen LogP contribution in [0.15, 0.2) is 0 Å². The molecule has 0 N–H and O–H groups in total. The minimum absolute atomic E-state index is 0.141. The summed E-state index contributed by atoms with van der Waals surface area (Å²) in [6, 6.07) is 0.